The van der Waals surface area contributed by atoms with E-state index in [9.17, 15) is 9.59 Å². The number of carbonyl (C=O) groups is 2. The van der Waals surface area contributed by atoms with Crippen molar-refractivity contribution in [1.29, 1.82) is 0 Å². The fourth-order valence-corrected chi connectivity index (χ4v) is 3.84. The SMILES string of the molecule is CC(CC(=O)Nc1ccc(CC(=O)N2CCOCC2)cc1)C1CCCNC1. The lowest BCUT2D eigenvalue weighted by molar-refractivity contribution is -0.134. The van der Waals surface area contributed by atoms with Crippen LogP contribution in [0.15, 0.2) is 24.3 Å². The predicted molar refractivity (Wildman–Crippen MR) is 106 cm³/mol. The molecule has 2 N–H and O–H groups in total. The molecule has 0 aliphatic carbocycles. The summed E-state index contributed by atoms with van der Waals surface area (Å²) in [6, 6.07) is 7.60. The topological polar surface area (TPSA) is 70.7 Å². The van der Waals surface area contributed by atoms with Gasteiger partial charge in [-0.3, -0.25) is 9.59 Å². The minimum absolute atomic E-state index is 0.0604. The molecule has 3 rings (SSSR count). The van der Waals surface area contributed by atoms with Crippen LogP contribution in [0.4, 0.5) is 5.69 Å². The Bertz CT molecular complexity index is 620. The molecule has 0 saturated carbocycles. The molecule has 6 nitrogen and oxygen atoms in total. The lowest BCUT2D eigenvalue weighted by Gasteiger charge is -2.28. The van der Waals surface area contributed by atoms with Crippen LogP contribution in [0.2, 0.25) is 0 Å². The second kappa shape index (κ2) is 9.85. The molecule has 0 spiro atoms. The molecule has 2 saturated heterocycles. The number of carbonyl (C=O) groups excluding carboxylic acids is 2. The normalized spacial score (nSPS) is 21.5. The molecular weight excluding hydrogens is 342 g/mol. The summed E-state index contributed by atoms with van der Waals surface area (Å²) in [5, 5.41) is 6.40. The van der Waals surface area contributed by atoms with Gasteiger partial charge in [-0.25, -0.2) is 0 Å². The van der Waals surface area contributed by atoms with E-state index < -0.39 is 0 Å². The van der Waals surface area contributed by atoms with Gasteiger partial charge in [0.15, 0.2) is 0 Å². The number of piperidine rings is 1. The Morgan fingerprint density at radius 2 is 2.00 bits per heavy atom. The first-order valence-electron chi connectivity index (χ1n) is 10.1. The highest BCUT2D eigenvalue weighted by atomic mass is 16.5. The second-order valence-electron chi connectivity index (χ2n) is 7.70. The lowest BCUT2D eigenvalue weighted by atomic mass is 9.85. The van der Waals surface area contributed by atoms with Gasteiger partial charge in [-0.2, -0.15) is 0 Å². The van der Waals surface area contributed by atoms with E-state index in [1.807, 2.05) is 29.2 Å². The van der Waals surface area contributed by atoms with Crippen molar-refractivity contribution in [1.82, 2.24) is 10.2 Å². The van der Waals surface area contributed by atoms with Crippen LogP contribution >= 0.6 is 0 Å². The van der Waals surface area contributed by atoms with Crippen molar-refractivity contribution < 1.29 is 14.3 Å². The zero-order chi connectivity index (χ0) is 19.1. The average molecular weight is 373 g/mol. The molecule has 2 fully saturated rings. The van der Waals surface area contributed by atoms with Crippen LogP contribution in [0.1, 0.15) is 31.7 Å². The number of anilines is 1. The van der Waals surface area contributed by atoms with Gasteiger partial charge in [0.2, 0.25) is 11.8 Å². The summed E-state index contributed by atoms with van der Waals surface area (Å²) in [6.07, 6.45) is 3.33. The Morgan fingerprint density at radius 1 is 1.26 bits per heavy atom. The van der Waals surface area contributed by atoms with Crippen molar-refractivity contribution in [3.05, 3.63) is 29.8 Å². The molecule has 0 radical (unpaired) electrons. The largest absolute Gasteiger partial charge is 0.378 e. The number of nitrogens with one attached hydrogen (secondary N) is 2. The Labute approximate surface area is 161 Å². The Hall–Kier alpha value is -1.92. The lowest BCUT2D eigenvalue weighted by Crippen LogP contribution is -2.41. The van der Waals surface area contributed by atoms with Gasteiger partial charge >= 0.3 is 0 Å². The van der Waals surface area contributed by atoms with Crippen molar-refractivity contribution in [3.63, 3.8) is 0 Å². The number of benzene rings is 1. The molecule has 1 aromatic rings. The number of hydrogen-bond donors (Lipinski definition) is 2. The van der Waals surface area contributed by atoms with E-state index in [0.29, 0.717) is 51.0 Å². The second-order valence-corrected chi connectivity index (χ2v) is 7.70. The Kier molecular flexibility index (Phi) is 7.24. The van der Waals surface area contributed by atoms with Gasteiger partial charge in [0.05, 0.1) is 19.6 Å². The van der Waals surface area contributed by atoms with E-state index in [-0.39, 0.29) is 11.8 Å². The smallest absolute Gasteiger partial charge is 0.227 e. The van der Waals surface area contributed by atoms with Crippen LogP contribution in [0.3, 0.4) is 0 Å². The van der Waals surface area contributed by atoms with Crippen LogP contribution in [0, 0.1) is 11.8 Å². The third-order valence-corrected chi connectivity index (χ3v) is 5.60. The quantitative estimate of drug-likeness (QED) is 0.801. The third-order valence-electron chi connectivity index (χ3n) is 5.60. The van der Waals surface area contributed by atoms with Crippen LogP contribution in [-0.4, -0.2) is 56.1 Å². The molecule has 2 aliphatic heterocycles. The van der Waals surface area contributed by atoms with Crippen molar-refractivity contribution >= 4 is 17.5 Å². The highest BCUT2D eigenvalue weighted by molar-refractivity contribution is 5.91. The zero-order valence-electron chi connectivity index (χ0n) is 16.2. The van der Waals surface area contributed by atoms with Crippen LogP contribution < -0.4 is 10.6 Å². The molecular formula is C21H31N3O3. The summed E-state index contributed by atoms with van der Waals surface area (Å²) in [6.45, 7) is 6.84. The maximum Gasteiger partial charge on any atom is 0.227 e. The molecule has 2 amide bonds. The molecule has 2 aliphatic rings. The van der Waals surface area contributed by atoms with Gasteiger partial charge in [-0.15, -0.1) is 0 Å². The van der Waals surface area contributed by atoms with Crippen LogP contribution in [0.5, 0.6) is 0 Å². The van der Waals surface area contributed by atoms with Gasteiger partial charge in [0.1, 0.15) is 0 Å². The minimum atomic E-state index is 0.0604. The molecule has 2 heterocycles. The van der Waals surface area contributed by atoms with Gasteiger partial charge in [0.25, 0.3) is 0 Å². The van der Waals surface area contributed by atoms with Crippen molar-refractivity contribution in [2.45, 2.75) is 32.6 Å². The van der Waals surface area contributed by atoms with E-state index in [4.69, 9.17) is 4.74 Å². The van der Waals surface area contributed by atoms with Crippen LogP contribution in [-0.2, 0) is 20.7 Å². The molecule has 0 aromatic heterocycles. The number of amides is 2. The maximum atomic E-state index is 12.3. The number of hydrogen-bond acceptors (Lipinski definition) is 4. The summed E-state index contributed by atoms with van der Waals surface area (Å²) in [5.74, 6) is 1.15. The van der Waals surface area contributed by atoms with Gasteiger partial charge in [0, 0.05) is 25.2 Å². The first-order chi connectivity index (χ1) is 13.1. The van der Waals surface area contributed by atoms with E-state index >= 15 is 0 Å². The van der Waals surface area contributed by atoms with Gasteiger partial charge < -0.3 is 20.3 Å². The molecule has 2 atom stereocenters. The third kappa shape index (κ3) is 6.04. The molecule has 148 valence electrons. The Balaban J connectivity index is 1.45. The summed E-state index contributed by atoms with van der Waals surface area (Å²) >= 11 is 0. The number of morpholine rings is 1. The average Bonchev–Trinajstić information content (AvgIpc) is 2.70. The summed E-state index contributed by atoms with van der Waals surface area (Å²) in [7, 11) is 0. The van der Waals surface area contributed by atoms with E-state index in [2.05, 4.69) is 17.6 Å². The molecule has 0 bridgehead atoms. The number of rotatable bonds is 6. The molecule has 2 unspecified atom stereocenters. The molecule has 1 aromatic carbocycles. The fourth-order valence-electron chi connectivity index (χ4n) is 3.84. The fraction of sp³-hybridized carbons (Fsp3) is 0.619. The predicted octanol–water partition coefficient (Wildman–Crippen LogP) is 2.05. The maximum absolute atomic E-state index is 12.3. The van der Waals surface area contributed by atoms with E-state index in [1.54, 1.807) is 0 Å². The van der Waals surface area contributed by atoms with Gasteiger partial charge in [-0.05, 0) is 55.5 Å². The highest BCUT2D eigenvalue weighted by Gasteiger charge is 2.22. The monoisotopic (exact) mass is 373 g/mol. The molecule has 27 heavy (non-hydrogen) atoms. The van der Waals surface area contributed by atoms with Crippen LogP contribution in [0.25, 0.3) is 0 Å². The first kappa shape index (κ1) is 19.8. The van der Waals surface area contributed by atoms with Crippen molar-refractivity contribution in [2.75, 3.05) is 44.7 Å². The van der Waals surface area contributed by atoms with E-state index in [0.717, 1.165) is 24.3 Å². The summed E-state index contributed by atoms with van der Waals surface area (Å²) in [4.78, 5) is 26.5. The van der Waals surface area contributed by atoms with E-state index in [1.165, 1.54) is 12.8 Å². The standard InChI is InChI=1S/C21H31N3O3/c1-16(18-3-2-8-22-15-18)13-20(25)23-19-6-4-17(5-7-19)14-21(26)24-9-11-27-12-10-24/h4-7,16,18,22H,2-3,8-15H2,1H3,(H,23,25). The van der Waals surface area contributed by atoms with Gasteiger partial charge in [-0.1, -0.05) is 19.1 Å². The number of ether oxygens (including phenoxy) is 1. The Morgan fingerprint density at radius 3 is 2.67 bits per heavy atom. The highest BCUT2D eigenvalue weighted by Crippen LogP contribution is 2.23. The zero-order valence-corrected chi connectivity index (χ0v) is 16.2. The first-order valence-corrected chi connectivity index (χ1v) is 10.1. The summed E-state index contributed by atoms with van der Waals surface area (Å²) in [5.41, 5.74) is 1.75. The minimum Gasteiger partial charge on any atom is -0.378 e. The van der Waals surface area contributed by atoms with Crippen molar-refractivity contribution in [3.8, 4) is 0 Å². The summed E-state index contributed by atoms with van der Waals surface area (Å²) < 4.78 is 5.28. The molecule has 6 heteroatoms. The number of nitrogens with zero attached hydrogens (tertiary/aromatic N) is 1. The van der Waals surface area contributed by atoms with Crippen molar-refractivity contribution in [2.24, 2.45) is 11.8 Å².